The molecule has 2 aromatic rings. The fourth-order valence-electron chi connectivity index (χ4n) is 3.96. The summed E-state index contributed by atoms with van der Waals surface area (Å²) < 4.78 is 10.6. The molecule has 0 fully saturated rings. The van der Waals surface area contributed by atoms with Gasteiger partial charge in [-0.25, -0.2) is 4.79 Å². The largest absolute Gasteiger partial charge is 0.496 e. The number of fused-ring (bicyclic) bond motifs is 1. The van der Waals surface area contributed by atoms with E-state index in [-0.39, 0.29) is 17.3 Å². The highest BCUT2D eigenvalue weighted by Crippen LogP contribution is 2.44. The van der Waals surface area contributed by atoms with Crippen LogP contribution in [0.4, 0.5) is 5.00 Å². The van der Waals surface area contributed by atoms with Crippen molar-refractivity contribution in [2.75, 3.05) is 19.0 Å². The summed E-state index contributed by atoms with van der Waals surface area (Å²) in [6.07, 6.45) is 5.95. The van der Waals surface area contributed by atoms with E-state index in [4.69, 9.17) is 9.47 Å². The zero-order valence-electron chi connectivity index (χ0n) is 18.9. The summed E-state index contributed by atoms with van der Waals surface area (Å²) in [6, 6.07) is 7.49. The molecule has 166 valence electrons. The Balaban J connectivity index is 1.86. The Kier molecular flexibility index (Phi) is 7.21. The normalized spacial score (nSPS) is 16.1. The molecule has 0 spiro atoms. The number of benzene rings is 1. The van der Waals surface area contributed by atoms with E-state index in [2.05, 4.69) is 26.1 Å². The van der Waals surface area contributed by atoms with Crippen molar-refractivity contribution in [2.45, 2.75) is 47.0 Å². The lowest BCUT2D eigenvalue weighted by atomic mass is 9.72. The number of nitrogens with one attached hydrogen (secondary N) is 1. The van der Waals surface area contributed by atoms with Crippen LogP contribution in [0.15, 0.2) is 30.3 Å². The predicted molar refractivity (Wildman–Crippen MR) is 126 cm³/mol. The van der Waals surface area contributed by atoms with Gasteiger partial charge >= 0.3 is 5.97 Å². The summed E-state index contributed by atoms with van der Waals surface area (Å²) in [7, 11) is 1.60. The molecule has 31 heavy (non-hydrogen) atoms. The molecule has 3 rings (SSSR count). The fraction of sp³-hybridized carbons (Fsp3) is 0.440. The van der Waals surface area contributed by atoms with Gasteiger partial charge in [0.2, 0.25) is 5.91 Å². The topological polar surface area (TPSA) is 64.6 Å². The van der Waals surface area contributed by atoms with E-state index in [0.29, 0.717) is 28.8 Å². The SMILES string of the molecule is CCOC(=O)c1c(NC(=O)C=Cc2ccccc2OC)sc2c1CCC(C(C)(C)C)C2. The second kappa shape index (κ2) is 9.69. The van der Waals surface area contributed by atoms with E-state index in [1.165, 1.54) is 22.3 Å². The number of amides is 1. The van der Waals surface area contributed by atoms with Crippen molar-refractivity contribution in [2.24, 2.45) is 11.3 Å². The molecule has 0 radical (unpaired) electrons. The number of rotatable bonds is 6. The van der Waals surface area contributed by atoms with Crippen molar-refractivity contribution in [3.05, 3.63) is 51.9 Å². The van der Waals surface area contributed by atoms with Crippen LogP contribution in [-0.4, -0.2) is 25.6 Å². The van der Waals surface area contributed by atoms with Gasteiger partial charge in [0.05, 0.1) is 19.3 Å². The summed E-state index contributed by atoms with van der Waals surface area (Å²) >= 11 is 1.50. The van der Waals surface area contributed by atoms with E-state index in [1.54, 1.807) is 20.1 Å². The molecular formula is C25H31NO4S. The van der Waals surface area contributed by atoms with E-state index in [1.807, 2.05) is 24.3 Å². The van der Waals surface area contributed by atoms with Crippen molar-refractivity contribution < 1.29 is 19.1 Å². The first-order valence-corrected chi connectivity index (χ1v) is 11.5. The number of para-hydroxylation sites is 1. The summed E-state index contributed by atoms with van der Waals surface area (Å²) in [4.78, 5) is 26.6. The van der Waals surface area contributed by atoms with Gasteiger partial charge in [0.25, 0.3) is 0 Å². The molecule has 0 aliphatic heterocycles. The van der Waals surface area contributed by atoms with Gasteiger partial charge in [0.1, 0.15) is 10.8 Å². The average molecular weight is 442 g/mol. The summed E-state index contributed by atoms with van der Waals surface area (Å²) in [5, 5.41) is 3.50. The Hall–Kier alpha value is -2.60. The number of anilines is 1. The number of carbonyl (C=O) groups is 2. The lowest BCUT2D eigenvalue weighted by Gasteiger charge is -2.33. The van der Waals surface area contributed by atoms with Crippen LogP contribution in [0.1, 0.15) is 60.5 Å². The first kappa shape index (κ1) is 23.1. The molecule has 1 heterocycles. The van der Waals surface area contributed by atoms with Gasteiger partial charge in [-0.2, -0.15) is 0 Å². The Bertz CT molecular complexity index is 984. The molecule has 1 aliphatic carbocycles. The van der Waals surface area contributed by atoms with Gasteiger partial charge in [-0.3, -0.25) is 4.79 Å². The van der Waals surface area contributed by atoms with Crippen molar-refractivity contribution in [3.63, 3.8) is 0 Å². The third-order valence-electron chi connectivity index (χ3n) is 5.76. The van der Waals surface area contributed by atoms with Gasteiger partial charge in [0.15, 0.2) is 0 Å². The number of carbonyl (C=O) groups excluding carboxylic acids is 2. The quantitative estimate of drug-likeness (QED) is 0.459. The molecule has 5 nitrogen and oxygen atoms in total. The van der Waals surface area contributed by atoms with Gasteiger partial charge in [-0.05, 0) is 55.2 Å². The van der Waals surface area contributed by atoms with Crippen LogP contribution in [0, 0.1) is 11.3 Å². The summed E-state index contributed by atoms with van der Waals surface area (Å²) in [6.45, 7) is 8.87. The summed E-state index contributed by atoms with van der Waals surface area (Å²) in [5.41, 5.74) is 2.57. The molecule has 0 saturated heterocycles. The van der Waals surface area contributed by atoms with Crippen LogP contribution < -0.4 is 10.1 Å². The number of thiophene rings is 1. The second-order valence-electron chi connectivity index (χ2n) is 8.80. The van der Waals surface area contributed by atoms with Crippen LogP contribution in [0.2, 0.25) is 0 Å². The Morgan fingerprint density at radius 2 is 2.00 bits per heavy atom. The minimum absolute atomic E-state index is 0.201. The van der Waals surface area contributed by atoms with Crippen molar-refractivity contribution in [3.8, 4) is 5.75 Å². The standard InChI is InChI=1S/C25H31NO4S/c1-6-30-24(28)22-18-13-12-17(25(2,3)4)15-20(18)31-23(22)26-21(27)14-11-16-9-7-8-10-19(16)29-5/h7-11,14,17H,6,12-13,15H2,1-5H3,(H,26,27). The number of ether oxygens (including phenoxy) is 2. The number of methoxy groups -OCH3 is 1. The van der Waals surface area contributed by atoms with E-state index >= 15 is 0 Å². The average Bonchev–Trinajstić information content (AvgIpc) is 3.09. The number of hydrogen-bond donors (Lipinski definition) is 1. The molecule has 6 heteroatoms. The highest BCUT2D eigenvalue weighted by molar-refractivity contribution is 7.17. The predicted octanol–water partition coefficient (Wildman–Crippen LogP) is 5.74. The molecule has 1 aromatic carbocycles. The first-order chi connectivity index (χ1) is 14.7. The van der Waals surface area contributed by atoms with Crippen LogP contribution >= 0.6 is 11.3 Å². The third-order valence-corrected chi connectivity index (χ3v) is 6.93. The molecule has 0 saturated carbocycles. The molecular weight excluding hydrogens is 410 g/mol. The Labute approximate surface area is 188 Å². The lowest BCUT2D eigenvalue weighted by molar-refractivity contribution is -0.111. The van der Waals surface area contributed by atoms with Crippen LogP contribution in [0.3, 0.4) is 0 Å². The van der Waals surface area contributed by atoms with Crippen molar-refractivity contribution in [1.82, 2.24) is 0 Å². The Morgan fingerprint density at radius 3 is 2.68 bits per heavy atom. The molecule has 1 atom stereocenters. The van der Waals surface area contributed by atoms with E-state index < -0.39 is 0 Å². The first-order valence-electron chi connectivity index (χ1n) is 10.7. The van der Waals surface area contributed by atoms with Crippen molar-refractivity contribution in [1.29, 1.82) is 0 Å². The molecule has 1 amide bonds. The van der Waals surface area contributed by atoms with Gasteiger partial charge in [-0.15, -0.1) is 11.3 Å². The third kappa shape index (κ3) is 5.37. The monoisotopic (exact) mass is 441 g/mol. The molecule has 1 aliphatic rings. The van der Waals surface area contributed by atoms with Crippen molar-refractivity contribution >= 4 is 34.3 Å². The number of hydrogen-bond acceptors (Lipinski definition) is 5. The van der Waals surface area contributed by atoms with E-state index in [9.17, 15) is 9.59 Å². The van der Waals surface area contributed by atoms with Gasteiger partial charge in [0, 0.05) is 16.5 Å². The second-order valence-corrected chi connectivity index (χ2v) is 9.90. The molecule has 1 N–H and O–H groups in total. The number of esters is 1. The highest BCUT2D eigenvalue weighted by atomic mass is 32.1. The molecule has 0 bridgehead atoms. The van der Waals surface area contributed by atoms with Gasteiger partial charge in [-0.1, -0.05) is 39.0 Å². The zero-order chi connectivity index (χ0) is 22.6. The molecule has 1 aromatic heterocycles. The lowest BCUT2D eigenvalue weighted by Crippen LogP contribution is -2.26. The minimum Gasteiger partial charge on any atom is -0.496 e. The maximum absolute atomic E-state index is 12.7. The summed E-state index contributed by atoms with van der Waals surface area (Å²) in [5.74, 6) is 0.585. The maximum atomic E-state index is 12.7. The fourth-order valence-corrected chi connectivity index (χ4v) is 5.27. The molecule has 1 unspecified atom stereocenters. The highest BCUT2D eigenvalue weighted by Gasteiger charge is 2.34. The smallest absolute Gasteiger partial charge is 0.341 e. The zero-order valence-corrected chi connectivity index (χ0v) is 19.7. The maximum Gasteiger partial charge on any atom is 0.341 e. The van der Waals surface area contributed by atoms with E-state index in [0.717, 1.165) is 30.4 Å². The van der Waals surface area contributed by atoms with Crippen LogP contribution in [0.5, 0.6) is 5.75 Å². The van der Waals surface area contributed by atoms with Crippen LogP contribution in [-0.2, 0) is 22.4 Å². The minimum atomic E-state index is -0.363. The van der Waals surface area contributed by atoms with Crippen LogP contribution in [0.25, 0.3) is 6.08 Å². The Morgan fingerprint density at radius 1 is 1.26 bits per heavy atom. The van der Waals surface area contributed by atoms with Gasteiger partial charge < -0.3 is 14.8 Å².